The zero-order valence-electron chi connectivity index (χ0n) is 8.56. The van der Waals surface area contributed by atoms with Crippen LogP contribution in [0.5, 0.6) is 0 Å². The standard InChI is InChI=1S/C9H15N3O3/c10-12-11-7-3-1-2-4-8(13)5-6-9(14)15/h1-7H2,(H,14,15). The van der Waals surface area contributed by atoms with Crippen molar-refractivity contribution < 1.29 is 14.7 Å². The van der Waals surface area contributed by atoms with E-state index in [9.17, 15) is 9.59 Å². The van der Waals surface area contributed by atoms with Crippen LogP contribution in [0.25, 0.3) is 10.4 Å². The summed E-state index contributed by atoms with van der Waals surface area (Å²) in [6.45, 7) is 0.458. The molecule has 0 aromatic carbocycles. The Morgan fingerprint density at radius 1 is 1.13 bits per heavy atom. The number of nitrogens with zero attached hydrogens (tertiary/aromatic N) is 3. The normalized spacial score (nSPS) is 9.33. The van der Waals surface area contributed by atoms with Gasteiger partial charge in [-0.15, -0.1) is 0 Å². The van der Waals surface area contributed by atoms with Crippen LogP contribution in [0.15, 0.2) is 5.11 Å². The summed E-state index contributed by atoms with van der Waals surface area (Å²) in [7, 11) is 0. The van der Waals surface area contributed by atoms with Crippen molar-refractivity contribution in [2.24, 2.45) is 5.11 Å². The lowest BCUT2D eigenvalue weighted by molar-refractivity contribution is -0.138. The van der Waals surface area contributed by atoms with Crippen molar-refractivity contribution in [2.45, 2.75) is 38.5 Å². The Morgan fingerprint density at radius 3 is 2.47 bits per heavy atom. The first-order valence-electron chi connectivity index (χ1n) is 4.91. The SMILES string of the molecule is [N-]=[N+]=NCCCCCC(=O)CCC(=O)O. The van der Waals surface area contributed by atoms with Gasteiger partial charge in [0.1, 0.15) is 5.78 Å². The van der Waals surface area contributed by atoms with Crippen molar-refractivity contribution >= 4 is 11.8 Å². The number of carbonyl (C=O) groups is 2. The van der Waals surface area contributed by atoms with Crippen molar-refractivity contribution in [3.8, 4) is 0 Å². The van der Waals surface area contributed by atoms with E-state index in [1.165, 1.54) is 0 Å². The zero-order valence-corrected chi connectivity index (χ0v) is 8.56. The van der Waals surface area contributed by atoms with Gasteiger partial charge in [0.25, 0.3) is 0 Å². The predicted molar refractivity (Wildman–Crippen MR) is 54.4 cm³/mol. The molecule has 0 radical (unpaired) electrons. The minimum absolute atomic E-state index is 0.0128. The molecule has 0 aliphatic rings. The number of rotatable bonds is 9. The number of carboxylic acids is 1. The Kier molecular flexibility index (Phi) is 8.09. The van der Waals surface area contributed by atoms with E-state index in [1.807, 2.05) is 0 Å². The number of hydrogen-bond donors (Lipinski definition) is 1. The predicted octanol–water partition coefficient (Wildman–Crippen LogP) is 2.29. The summed E-state index contributed by atoms with van der Waals surface area (Å²) in [5.74, 6) is -0.951. The molecule has 0 atom stereocenters. The van der Waals surface area contributed by atoms with Gasteiger partial charge >= 0.3 is 5.97 Å². The second-order valence-corrected chi connectivity index (χ2v) is 3.20. The molecular weight excluding hydrogens is 198 g/mol. The molecule has 0 heterocycles. The van der Waals surface area contributed by atoms with Gasteiger partial charge in [-0.2, -0.15) is 0 Å². The molecule has 6 heteroatoms. The number of carboxylic acid groups (broad SMARTS) is 1. The summed E-state index contributed by atoms with van der Waals surface area (Å²) >= 11 is 0. The number of azide groups is 1. The van der Waals surface area contributed by atoms with Crippen LogP contribution in [0.3, 0.4) is 0 Å². The van der Waals surface area contributed by atoms with Crippen LogP contribution in [0.4, 0.5) is 0 Å². The molecule has 0 aliphatic carbocycles. The molecule has 0 bridgehead atoms. The van der Waals surface area contributed by atoms with Gasteiger partial charge in [-0.05, 0) is 18.4 Å². The highest BCUT2D eigenvalue weighted by atomic mass is 16.4. The molecule has 0 unspecified atom stereocenters. The van der Waals surface area contributed by atoms with Crippen molar-refractivity contribution in [1.29, 1.82) is 0 Å². The fourth-order valence-electron chi connectivity index (χ4n) is 1.10. The number of hydrogen-bond acceptors (Lipinski definition) is 3. The van der Waals surface area contributed by atoms with Crippen molar-refractivity contribution in [2.75, 3.05) is 6.54 Å². The molecule has 6 nitrogen and oxygen atoms in total. The van der Waals surface area contributed by atoms with Gasteiger partial charge in [0.05, 0.1) is 6.42 Å². The number of unbranched alkanes of at least 4 members (excludes halogenated alkanes) is 2. The third-order valence-corrected chi connectivity index (χ3v) is 1.89. The van der Waals surface area contributed by atoms with Crippen LogP contribution in [0, 0.1) is 0 Å². The minimum atomic E-state index is -0.938. The van der Waals surface area contributed by atoms with Gasteiger partial charge in [-0.25, -0.2) is 0 Å². The summed E-state index contributed by atoms with van der Waals surface area (Å²) in [5, 5.41) is 11.7. The van der Waals surface area contributed by atoms with Gasteiger partial charge in [0, 0.05) is 24.3 Å². The number of Topliss-reactive ketones (excluding diaryl/α,β-unsaturated/α-hetero) is 1. The van der Waals surface area contributed by atoms with Crippen LogP contribution < -0.4 is 0 Å². The quantitative estimate of drug-likeness (QED) is 0.275. The van der Waals surface area contributed by atoms with Crippen LogP contribution in [-0.2, 0) is 9.59 Å². The van der Waals surface area contributed by atoms with E-state index in [0.29, 0.717) is 13.0 Å². The van der Waals surface area contributed by atoms with Crippen molar-refractivity contribution in [3.05, 3.63) is 10.4 Å². The lowest BCUT2D eigenvalue weighted by Crippen LogP contribution is -2.02. The first-order valence-corrected chi connectivity index (χ1v) is 4.91. The highest BCUT2D eigenvalue weighted by molar-refractivity contribution is 5.82. The van der Waals surface area contributed by atoms with E-state index in [2.05, 4.69) is 10.0 Å². The Bertz CT molecular complexity index is 259. The van der Waals surface area contributed by atoms with Crippen LogP contribution in [0.2, 0.25) is 0 Å². The number of ketones is 1. The zero-order chi connectivity index (χ0) is 11.5. The Balaban J connectivity index is 3.31. The van der Waals surface area contributed by atoms with Crippen LogP contribution in [0.1, 0.15) is 38.5 Å². The second-order valence-electron chi connectivity index (χ2n) is 3.20. The van der Waals surface area contributed by atoms with E-state index in [1.54, 1.807) is 0 Å². The first-order chi connectivity index (χ1) is 7.16. The maximum absolute atomic E-state index is 11.1. The summed E-state index contributed by atoms with van der Waals surface area (Å²) < 4.78 is 0. The molecule has 0 aromatic heterocycles. The molecule has 0 saturated heterocycles. The highest BCUT2D eigenvalue weighted by Gasteiger charge is 2.04. The largest absolute Gasteiger partial charge is 0.481 e. The Labute approximate surface area is 87.9 Å². The van der Waals surface area contributed by atoms with Crippen molar-refractivity contribution in [3.63, 3.8) is 0 Å². The molecule has 0 amide bonds. The number of carbonyl (C=O) groups excluding carboxylic acids is 1. The lowest BCUT2D eigenvalue weighted by Gasteiger charge is -1.98. The fraction of sp³-hybridized carbons (Fsp3) is 0.778. The first kappa shape index (κ1) is 13.4. The van der Waals surface area contributed by atoms with E-state index in [0.717, 1.165) is 19.3 Å². The molecule has 0 spiro atoms. The fourth-order valence-corrected chi connectivity index (χ4v) is 1.10. The maximum Gasteiger partial charge on any atom is 0.303 e. The van der Waals surface area contributed by atoms with Crippen molar-refractivity contribution in [1.82, 2.24) is 0 Å². The average molecular weight is 213 g/mol. The van der Waals surface area contributed by atoms with Gasteiger partial charge in [0.15, 0.2) is 0 Å². The molecular formula is C9H15N3O3. The summed E-state index contributed by atoms with van der Waals surface area (Å²) in [4.78, 5) is 23.9. The Hall–Kier alpha value is -1.55. The third kappa shape index (κ3) is 10.4. The second kappa shape index (κ2) is 9.02. The van der Waals surface area contributed by atoms with Gasteiger partial charge in [-0.3, -0.25) is 9.59 Å². The van der Waals surface area contributed by atoms with E-state index in [-0.39, 0.29) is 18.6 Å². The highest BCUT2D eigenvalue weighted by Crippen LogP contribution is 2.04. The average Bonchev–Trinajstić information content (AvgIpc) is 2.20. The van der Waals surface area contributed by atoms with E-state index < -0.39 is 5.97 Å². The molecule has 84 valence electrons. The topological polar surface area (TPSA) is 103 Å². The van der Waals surface area contributed by atoms with Gasteiger partial charge < -0.3 is 5.11 Å². The molecule has 1 N–H and O–H groups in total. The molecule has 0 rings (SSSR count). The molecule has 15 heavy (non-hydrogen) atoms. The Morgan fingerprint density at radius 2 is 1.87 bits per heavy atom. The smallest absolute Gasteiger partial charge is 0.303 e. The minimum Gasteiger partial charge on any atom is -0.481 e. The number of aliphatic carboxylic acids is 1. The van der Waals surface area contributed by atoms with Gasteiger partial charge in [0.2, 0.25) is 0 Å². The molecule has 0 aromatic rings. The molecule has 0 fully saturated rings. The van der Waals surface area contributed by atoms with Crippen LogP contribution >= 0.6 is 0 Å². The van der Waals surface area contributed by atoms with E-state index in [4.69, 9.17) is 10.6 Å². The van der Waals surface area contributed by atoms with E-state index >= 15 is 0 Å². The molecule has 0 saturated carbocycles. The summed E-state index contributed by atoms with van der Waals surface area (Å²) in [6.07, 6.45) is 2.79. The monoisotopic (exact) mass is 213 g/mol. The third-order valence-electron chi connectivity index (χ3n) is 1.89. The summed E-state index contributed by atoms with van der Waals surface area (Å²) in [6, 6.07) is 0. The lowest BCUT2D eigenvalue weighted by atomic mass is 10.1. The molecule has 0 aliphatic heterocycles. The summed E-state index contributed by atoms with van der Waals surface area (Å²) in [5.41, 5.74) is 7.98. The maximum atomic E-state index is 11.1. The van der Waals surface area contributed by atoms with Gasteiger partial charge in [-0.1, -0.05) is 11.5 Å². The van der Waals surface area contributed by atoms with Crippen LogP contribution in [-0.4, -0.2) is 23.4 Å².